The van der Waals surface area contributed by atoms with E-state index in [0.29, 0.717) is 6.42 Å². The zero-order valence-corrected chi connectivity index (χ0v) is 9.13. The van der Waals surface area contributed by atoms with E-state index < -0.39 is 5.97 Å². The van der Waals surface area contributed by atoms with Gasteiger partial charge in [0.25, 0.3) is 0 Å². The molecule has 5 heteroatoms. The third-order valence-electron chi connectivity index (χ3n) is 2.36. The van der Waals surface area contributed by atoms with E-state index in [1.54, 1.807) is 17.5 Å². The summed E-state index contributed by atoms with van der Waals surface area (Å²) in [6.45, 7) is 0.814. The Morgan fingerprint density at radius 2 is 2.60 bits per heavy atom. The van der Waals surface area contributed by atoms with Crippen LogP contribution in [0.4, 0.5) is 0 Å². The highest BCUT2D eigenvalue weighted by Crippen LogP contribution is 2.31. The number of carbonyl (C=O) groups is 1. The topological polar surface area (TPSA) is 59.4 Å². The minimum Gasteiger partial charge on any atom is -0.481 e. The molecule has 1 unspecified atom stereocenters. The molecule has 0 aromatic carbocycles. The molecule has 0 aliphatic carbocycles. The quantitative estimate of drug-likeness (QED) is 0.854. The van der Waals surface area contributed by atoms with Crippen molar-refractivity contribution in [2.24, 2.45) is 0 Å². The zero-order chi connectivity index (χ0) is 10.7. The van der Waals surface area contributed by atoms with Gasteiger partial charge in [0.15, 0.2) is 0 Å². The van der Waals surface area contributed by atoms with Crippen molar-refractivity contribution in [1.29, 1.82) is 0 Å². The molecule has 0 bridgehead atoms. The summed E-state index contributed by atoms with van der Waals surface area (Å²) in [6.07, 6.45) is 4.78. The molecule has 0 saturated carbocycles. The maximum absolute atomic E-state index is 10.4. The van der Waals surface area contributed by atoms with Gasteiger partial charge >= 0.3 is 5.97 Å². The number of hydrogen-bond donors (Lipinski definition) is 1. The molecule has 2 heterocycles. The third kappa shape index (κ3) is 2.76. The Bertz CT molecular complexity index is 344. The number of carboxylic acids is 1. The van der Waals surface area contributed by atoms with Crippen molar-refractivity contribution in [3.8, 4) is 0 Å². The molecule has 1 aromatic rings. The maximum atomic E-state index is 10.4. The molecule has 2 rings (SSSR count). The molecule has 0 spiro atoms. The second-order valence-corrected chi connectivity index (χ2v) is 4.71. The summed E-state index contributed by atoms with van der Waals surface area (Å²) >= 11 is 1.57. The van der Waals surface area contributed by atoms with E-state index in [2.05, 4.69) is 4.98 Å². The predicted octanol–water partition coefficient (Wildman–Crippen LogP) is 2.01. The molecule has 1 aliphatic heterocycles. The number of nitrogens with zero attached hydrogens (tertiary/aromatic N) is 1. The van der Waals surface area contributed by atoms with Gasteiger partial charge in [-0.05, 0) is 19.3 Å². The number of rotatable bonds is 4. The van der Waals surface area contributed by atoms with Crippen LogP contribution in [0.3, 0.4) is 0 Å². The standard InChI is InChI=1S/C10H13NO3S/c12-9(13)4-3-7-6-11-10(15-7)8-2-1-5-14-8/h6,8H,1-5H2,(H,12,13). The van der Waals surface area contributed by atoms with Crippen LogP contribution in [0.25, 0.3) is 0 Å². The molecule has 1 aliphatic rings. The van der Waals surface area contributed by atoms with Crippen molar-refractivity contribution in [1.82, 2.24) is 4.98 Å². The lowest BCUT2D eigenvalue weighted by molar-refractivity contribution is -0.136. The van der Waals surface area contributed by atoms with Gasteiger partial charge in [-0.15, -0.1) is 11.3 Å². The van der Waals surface area contributed by atoms with Crippen molar-refractivity contribution in [2.75, 3.05) is 6.61 Å². The first-order valence-corrected chi connectivity index (χ1v) is 5.85. The Morgan fingerprint density at radius 3 is 3.27 bits per heavy atom. The van der Waals surface area contributed by atoms with Gasteiger partial charge in [0, 0.05) is 17.7 Å². The van der Waals surface area contributed by atoms with Crippen LogP contribution in [0.5, 0.6) is 0 Å². The molecular formula is C10H13NO3S. The lowest BCUT2D eigenvalue weighted by atomic mass is 10.2. The van der Waals surface area contributed by atoms with E-state index in [1.165, 1.54) is 0 Å². The van der Waals surface area contributed by atoms with E-state index >= 15 is 0 Å². The highest BCUT2D eigenvalue weighted by atomic mass is 32.1. The largest absolute Gasteiger partial charge is 0.481 e. The van der Waals surface area contributed by atoms with Gasteiger partial charge in [0.2, 0.25) is 0 Å². The Balaban J connectivity index is 1.94. The van der Waals surface area contributed by atoms with Crippen LogP contribution in [0.2, 0.25) is 0 Å². The molecule has 82 valence electrons. The van der Waals surface area contributed by atoms with Gasteiger partial charge in [-0.1, -0.05) is 0 Å². The fourth-order valence-electron chi connectivity index (χ4n) is 1.59. The third-order valence-corrected chi connectivity index (χ3v) is 3.51. The first-order valence-electron chi connectivity index (χ1n) is 5.03. The Labute approximate surface area is 91.9 Å². The van der Waals surface area contributed by atoms with Crippen LogP contribution >= 0.6 is 11.3 Å². The van der Waals surface area contributed by atoms with Crippen molar-refractivity contribution in [3.63, 3.8) is 0 Å². The van der Waals surface area contributed by atoms with E-state index in [9.17, 15) is 4.79 Å². The fraction of sp³-hybridized carbons (Fsp3) is 0.600. The molecule has 1 aromatic heterocycles. The normalized spacial score (nSPS) is 20.7. The van der Waals surface area contributed by atoms with Gasteiger partial charge < -0.3 is 9.84 Å². The van der Waals surface area contributed by atoms with Crippen molar-refractivity contribution in [2.45, 2.75) is 31.8 Å². The predicted molar refractivity (Wildman–Crippen MR) is 56.0 cm³/mol. The van der Waals surface area contributed by atoms with Crippen LogP contribution in [0.1, 0.15) is 35.3 Å². The van der Waals surface area contributed by atoms with Gasteiger partial charge in [-0.25, -0.2) is 4.98 Å². The summed E-state index contributed by atoms with van der Waals surface area (Å²) in [6, 6.07) is 0. The Hall–Kier alpha value is -0.940. The molecule has 1 atom stereocenters. The molecule has 15 heavy (non-hydrogen) atoms. The van der Waals surface area contributed by atoms with Gasteiger partial charge in [-0.2, -0.15) is 0 Å². The van der Waals surface area contributed by atoms with Crippen LogP contribution in [0.15, 0.2) is 6.20 Å². The number of carboxylic acid groups (broad SMARTS) is 1. The number of hydrogen-bond acceptors (Lipinski definition) is 4. The van der Waals surface area contributed by atoms with Crippen LogP contribution in [0, 0.1) is 0 Å². The Kier molecular flexibility index (Phi) is 3.33. The minimum atomic E-state index is -0.762. The molecule has 1 fully saturated rings. The smallest absolute Gasteiger partial charge is 0.303 e. The monoisotopic (exact) mass is 227 g/mol. The zero-order valence-electron chi connectivity index (χ0n) is 8.31. The average Bonchev–Trinajstić information content (AvgIpc) is 2.85. The summed E-state index contributed by atoms with van der Waals surface area (Å²) in [7, 11) is 0. The van der Waals surface area contributed by atoms with E-state index in [4.69, 9.17) is 9.84 Å². The van der Waals surface area contributed by atoms with Gasteiger partial charge in [0.1, 0.15) is 11.1 Å². The summed E-state index contributed by atoms with van der Waals surface area (Å²) < 4.78 is 5.51. The van der Waals surface area contributed by atoms with E-state index in [0.717, 1.165) is 29.3 Å². The maximum Gasteiger partial charge on any atom is 0.303 e. The lowest BCUT2D eigenvalue weighted by Crippen LogP contribution is -1.95. The van der Waals surface area contributed by atoms with Crippen molar-refractivity contribution in [3.05, 3.63) is 16.1 Å². The second kappa shape index (κ2) is 4.72. The fourth-order valence-corrected chi connectivity index (χ4v) is 2.59. The van der Waals surface area contributed by atoms with Crippen molar-refractivity contribution < 1.29 is 14.6 Å². The average molecular weight is 227 g/mol. The summed E-state index contributed by atoms with van der Waals surface area (Å²) in [4.78, 5) is 15.7. The number of ether oxygens (including phenoxy) is 1. The van der Waals surface area contributed by atoms with Crippen molar-refractivity contribution >= 4 is 17.3 Å². The molecule has 0 radical (unpaired) electrons. The summed E-state index contributed by atoms with van der Waals surface area (Å²) in [5.41, 5.74) is 0. The lowest BCUT2D eigenvalue weighted by Gasteiger charge is -2.03. The summed E-state index contributed by atoms with van der Waals surface area (Å²) in [5, 5.41) is 9.55. The van der Waals surface area contributed by atoms with Crippen LogP contribution < -0.4 is 0 Å². The Morgan fingerprint density at radius 1 is 1.73 bits per heavy atom. The number of thiazole rings is 1. The van der Waals surface area contributed by atoms with E-state index in [-0.39, 0.29) is 12.5 Å². The molecule has 1 saturated heterocycles. The molecule has 0 amide bonds. The molecule has 4 nitrogen and oxygen atoms in total. The first kappa shape index (κ1) is 10.6. The number of aryl methyl sites for hydroxylation is 1. The number of aromatic nitrogens is 1. The molecular weight excluding hydrogens is 214 g/mol. The summed E-state index contributed by atoms with van der Waals surface area (Å²) in [5.74, 6) is -0.762. The minimum absolute atomic E-state index is 0.147. The molecule has 1 N–H and O–H groups in total. The van der Waals surface area contributed by atoms with Crippen LogP contribution in [-0.2, 0) is 16.0 Å². The SMILES string of the molecule is O=C(O)CCc1cnc(C2CCCO2)s1. The highest BCUT2D eigenvalue weighted by molar-refractivity contribution is 7.11. The van der Waals surface area contributed by atoms with Gasteiger partial charge in [0.05, 0.1) is 6.42 Å². The second-order valence-electron chi connectivity index (χ2n) is 3.56. The van der Waals surface area contributed by atoms with E-state index in [1.807, 2.05) is 0 Å². The highest BCUT2D eigenvalue weighted by Gasteiger charge is 2.20. The van der Waals surface area contributed by atoms with Crippen LogP contribution in [-0.4, -0.2) is 22.7 Å². The number of aliphatic carboxylic acids is 1. The van der Waals surface area contributed by atoms with Gasteiger partial charge in [-0.3, -0.25) is 4.79 Å². The first-order chi connectivity index (χ1) is 7.25.